The summed E-state index contributed by atoms with van der Waals surface area (Å²) in [6, 6.07) is 0. The molecule has 1 saturated carbocycles. The lowest BCUT2D eigenvalue weighted by Crippen LogP contribution is -2.45. The van der Waals surface area contributed by atoms with Crippen LogP contribution in [0.5, 0.6) is 0 Å². The molecule has 3 N–H and O–H groups in total. The summed E-state index contributed by atoms with van der Waals surface area (Å²) in [5.74, 6) is 0.958. The lowest BCUT2D eigenvalue weighted by atomic mass is 9.80. The molecule has 0 spiro atoms. The second-order valence-corrected chi connectivity index (χ2v) is 5.11. The minimum Gasteiger partial charge on any atom is -0.349 e. The zero-order valence-electron chi connectivity index (χ0n) is 10.7. The molecule has 0 aliphatic heterocycles. The third-order valence-electron chi connectivity index (χ3n) is 3.38. The molecule has 1 fully saturated rings. The second kappa shape index (κ2) is 5.48. The van der Waals surface area contributed by atoms with E-state index in [2.05, 4.69) is 15.5 Å². The number of nitrogens with zero attached hydrogens (tertiary/aromatic N) is 2. The predicted molar refractivity (Wildman–Crippen MR) is 65.5 cm³/mol. The van der Waals surface area contributed by atoms with Gasteiger partial charge < -0.3 is 15.6 Å². The van der Waals surface area contributed by atoms with Gasteiger partial charge in [0.1, 0.15) is 0 Å². The largest absolute Gasteiger partial charge is 0.349 e. The van der Waals surface area contributed by atoms with Crippen LogP contribution in [0.25, 0.3) is 0 Å². The van der Waals surface area contributed by atoms with E-state index >= 15 is 0 Å². The smallest absolute Gasteiger partial charge is 0.223 e. The normalized spacial score (nSPS) is 18.6. The minimum atomic E-state index is -0.324. The fourth-order valence-electron chi connectivity index (χ4n) is 2.41. The summed E-state index contributed by atoms with van der Waals surface area (Å²) in [5, 5.41) is 6.50. The SMILES string of the molecule is Cc1nc(CNC(=O)CC2(N)CCCCC2)no1. The highest BCUT2D eigenvalue weighted by atomic mass is 16.5. The second-order valence-electron chi connectivity index (χ2n) is 5.11. The molecule has 0 saturated heterocycles. The Morgan fingerprint density at radius 3 is 2.78 bits per heavy atom. The molecule has 1 aromatic rings. The predicted octanol–water partition coefficient (Wildman–Crippen LogP) is 1.05. The molecule has 1 aromatic heterocycles. The van der Waals surface area contributed by atoms with Crippen LogP contribution in [0.2, 0.25) is 0 Å². The zero-order valence-corrected chi connectivity index (χ0v) is 10.7. The van der Waals surface area contributed by atoms with Crippen molar-refractivity contribution in [3.8, 4) is 0 Å². The fourth-order valence-corrected chi connectivity index (χ4v) is 2.41. The summed E-state index contributed by atoms with van der Waals surface area (Å²) < 4.78 is 4.83. The Hall–Kier alpha value is -1.43. The van der Waals surface area contributed by atoms with Gasteiger partial charge in [-0.25, -0.2) is 0 Å². The van der Waals surface area contributed by atoms with Crippen molar-refractivity contribution in [2.45, 2.75) is 57.5 Å². The highest BCUT2D eigenvalue weighted by Crippen LogP contribution is 2.28. The van der Waals surface area contributed by atoms with Gasteiger partial charge in [0.05, 0.1) is 6.54 Å². The molecule has 18 heavy (non-hydrogen) atoms. The van der Waals surface area contributed by atoms with Gasteiger partial charge in [-0.3, -0.25) is 4.79 Å². The van der Waals surface area contributed by atoms with Crippen molar-refractivity contribution in [2.75, 3.05) is 0 Å². The van der Waals surface area contributed by atoms with Gasteiger partial charge in [-0.15, -0.1) is 0 Å². The first-order chi connectivity index (χ1) is 8.57. The number of amides is 1. The number of aryl methyl sites for hydroxylation is 1. The number of hydrogen-bond donors (Lipinski definition) is 2. The molecular formula is C12H20N4O2. The van der Waals surface area contributed by atoms with Gasteiger partial charge in [0.25, 0.3) is 0 Å². The number of aromatic nitrogens is 2. The van der Waals surface area contributed by atoms with Crippen molar-refractivity contribution in [3.05, 3.63) is 11.7 Å². The van der Waals surface area contributed by atoms with Crippen molar-refractivity contribution in [3.63, 3.8) is 0 Å². The average molecular weight is 252 g/mol. The molecule has 0 bridgehead atoms. The molecule has 0 radical (unpaired) electrons. The van der Waals surface area contributed by atoms with E-state index in [1.165, 1.54) is 6.42 Å². The molecule has 0 atom stereocenters. The molecule has 0 unspecified atom stereocenters. The van der Waals surface area contributed by atoms with Crippen molar-refractivity contribution in [2.24, 2.45) is 5.73 Å². The topological polar surface area (TPSA) is 94.0 Å². The molecule has 1 aliphatic carbocycles. The maximum Gasteiger partial charge on any atom is 0.223 e. The van der Waals surface area contributed by atoms with E-state index < -0.39 is 0 Å². The Balaban J connectivity index is 1.78. The molecule has 1 aliphatic rings. The van der Waals surface area contributed by atoms with Crippen LogP contribution in [0.1, 0.15) is 50.2 Å². The summed E-state index contributed by atoms with van der Waals surface area (Å²) >= 11 is 0. The van der Waals surface area contributed by atoms with Gasteiger partial charge in [-0.1, -0.05) is 24.4 Å². The number of carbonyl (C=O) groups is 1. The van der Waals surface area contributed by atoms with Crippen molar-refractivity contribution in [1.82, 2.24) is 15.5 Å². The fraction of sp³-hybridized carbons (Fsp3) is 0.750. The number of nitrogens with one attached hydrogen (secondary N) is 1. The summed E-state index contributed by atoms with van der Waals surface area (Å²) in [6.45, 7) is 2.02. The third kappa shape index (κ3) is 3.53. The van der Waals surface area contributed by atoms with Crippen LogP contribution >= 0.6 is 0 Å². The monoisotopic (exact) mass is 252 g/mol. The van der Waals surface area contributed by atoms with Gasteiger partial charge in [-0.2, -0.15) is 4.98 Å². The molecule has 2 rings (SSSR count). The molecular weight excluding hydrogens is 232 g/mol. The van der Waals surface area contributed by atoms with Crippen LogP contribution in [-0.2, 0) is 11.3 Å². The Labute approximate surface area is 106 Å². The number of rotatable bonds is 4. The van der Waals surface area contributed by atoms with Crippen LogP contribution in [0.4, 0.5) is 0 Å². The standard InChI is InChI=1S/C12H20N4O2/c1-9-15-10(16-18-9)8-14-11(17)7-12(13)5-3-2-4-6-12/h2-8,13H2,1H3,(H,14,17). The van der Waals surface area contributed by atoms with Crippen LogP contribution < -0.4 is 11.1 Å². The lowest BCUT2D eigenvalue weighted by molar-refractivity contribution is -0.122. The van der Waals surface area contributed by atoms with E-state index in [4.69, 9.17) is 10.3 Å². The Bertz CT molecular complexity index is 410. The van der Waals surface area contributed by atoms with E-state index in [9.17, 15) is 4.79 Å². The van der Waals surface area contributed by atoms with Crippen LogP contribution in [0.3, 0.4) is 0 Å². The van der Waals surface area contributed by atoms with Crippen LogP contribution in [0, 0.1) is 6.92 Å². The van der Waals surface area contributed by atoms with Gasteiger partial charge in [0.15, 0.2) is 5.82 Å². The highest BCUT2D eigenvalue weighted by Gasteiger charge is 2.29. The van der Waals surface area contributed by atoms with E-state index in [1.807, 2.05) is 0 Å². The minimum absolute atomic E-state index is 0.0400. The maximum atomic E-state index is 11.8. The number of nitrogens with two attached hydrogens (primary N) is 1. The van der Waals surface area contributed by atoms with Crippen molar-refractivity contribution in [1.29, 1.82) is 0 Å². The number of carbonyl (C=O) groups excluding carboxylic acids is 1. The van der Waals surface area contributed by atoms with Gasteiger partial charge in [-0.05, 0) is 12.8 Å². The first kappa shape index (κ1) is 13.0. The highest BCUT2D eigenvalue weighted by molar-refractivity contribution is 5.77. The van der Waals surface area contributed by atoms with E-state index in [1.54, 1.807) is 6.92 Å². The Kier molecular flexibility index (Phi) is 3.96. The summed E-state index contributed by atoms with van der Waals surface area (Å²) in [7, 11) is 0. The van der Waals surface area contributed by atoms with Crippen LogP contribution in [0.15, 0.2) is 4.52 Å². The molecule has 6 nitrogen and oxygen atoms in total. The maximum absolute atomic E-state index is 11.8. The summed E-state index contributed by atoms with van der Waals surface area (Å²) in [4.78, 5) is 15.8. The molecule has 1 heterocycles. The first-order valence-electron chi connectivity index (χ1n) is 6.42. The quantitative estimate of drug-likeness (QED) is 0.835. The van der Waals surface area contributed by atoms with Crippen molar-refractivity contribution >= 4 is 5.91 Å². The Morgan fingerprint density at radius 2 is 2.17 bits per heavy atom. The van der Waals surface area contributed by atoms with Gasteiger partial charge >= 0.3 is 0 Å². The van der Waals surface area contributed by atoms with E-state index in [0.717, 1.165) is 25.7 Å². The van der Waals surface area contributed by atoms with Crippen molar-refractivity contribution < 1.29 is 9.32 Å². The van der Waals surface area contributed by atoms with E-state index in [-0.39, 0.29) is 11.4 Å². The number of hydrogen-bond acceptors (Lipinski definition) is 5. The lowest BCUT2D eigenvalue weighted by Gasteiger charge is -2.32. The van der Waals surface area contributed by atoms with Gasteiger partial charge in [0, 0.05) is 18.9 Å². The summed E-state index contributed by atoms with van der Waals surface area (Å²) in [5.41, 5.74) is 5.90. The summed E-state index contributed by atoms with van der Waals surface area (Å²) in [6.07, 6.45) is 5.71. The van der Waals surface area contributed by atoms with Gasteiger partial charge in [0.2, 0.25) is 11.8 Å². The molecule has 100 valence electrons. The molecule has 1 amide bonds. The average Bonchev–Trinajstić information content (AvgIpc) is 2.73. The first-order valence-corrected chi connectivity index (χ1v) is 6.42. The van der Waals surface area contributed by atoms with E-state index in [0.29, 0.717) is 24.7 Å². The molecule has 6 heteroatoms. The third-order valence-corrected chi connectivity index (χ3v) is 3.38. The molecule has 0 aromatic carbocycles. The Morgan fingerprint density at radius 1 is 1.44 bits per heavy atom. The van der Waals surface area contributed by atoms with Crippen LogP contribution in [-0.4, -0.2) is 21.6 Å². The zero-order chi connectivity index (χ0) is 13.0.